The van der Waals surface area contributed by atoms with E-state index in [0.717, 1.165) is 9.84 Å². The third-order valence-corrected chi connectivity index (χ3v) is 5.31. The van der Waals surface area contributed by atoms with Crippen LogP contribution in [0.3, 0.4) is 0 Å². The summed E-state index contributed by atoms with van der Waals surface area (Å²) >= 11 is 2.64. The van der Waals surface area contributed by atoms with Gasteiger partial charge in [-0.1, -0.05) is 78.4 Å². The van der Waals surface area contributed by atoms with E-state index < -0.39 is 0 Å². The monoisotopic (exact) mass is 352 g/mol. The first kappa shape index (κ1) is 13.9. The van der Waals surface area contributed by atoms with E-state index in [1.54, 1.807) is 0 Å². The number of allylic oxidation sites excluding steroid dienone is 2. The van der Waals surface area contributed by atoms with Crippen LogP contribution in [0.15, 0.2) is 36.9 Å². The molecule has 1 saturated carbocycles. The summed E-state index contributed by atoms with van der Waals surface area (Å²) in [6, 6.07) is 6.95. The molecule has 96 valence electrons. The number of aryl methyl sites for hydroxylation is 1. The molecule has 0 amide bonds. The highest BCUT2D eigenvalue weighted by Crippen LogP contribution is 2.38. The average molecular weight is 352 g/mol. The van der Waals surface area contributed by atoms with Crippen molar-refractivity contribution in [2.45, 2.75) is 42.4 Å². The molecule has 0 nitrogen and oxygen atoms in total. The molecule has 18 heavy (non-hydrogen) atoms. The van der Waals surface area contributed by atoms with Crippen LogP contribution >= 0.6 is 22.6 Å². The van der Waals surface area contributed by atoms with Crippen LogP contribution in [0.25, 0.3) is 6.08 Å². The number of halogens is 1. The van der Waals surface area contributed by atoms with Crippen LogP contribution in [-0.4, -0.2) is 3.92 Å². The molecule has 1 aliphatic carbocycles. The highest BCUT2D eigenvalue weighted by atomic mass is 127. The Balaban J connectivity index is 2.22. The molecule has 0 saturated heterocycles. The predicted octanol–water partition coefficient (Wildman–Crippen LogP) is 5.66. The van der Waals surface area contributed by atoms with E-state index in [1.807, 2.05) is 12.2 Å². The third kappa shape index (κ3) is 3.25. The van der Waals surface area contributed by atoms with Gasteiger partial charge in [0.05, 0.1) is 0 Å². The van der Waals surface area contributed by atoms with Gasteiger partial charge in [-0.2, -0.15) is 0 Å². The fraction of sp³-hybridized carbons (Fsp3) is 0.412. The molecule has 0 N–H and O–H groups in total. The maximum absolute atomic E-state index is 3.72. The molecule has 0 aliphatic heterocycles. The Hall–Kier alpha value is -0.570. The first-order valence-electron chi connectivity index (χ1n) is 6.76. The largest absolute Gasteiger partial charge is 0.0991 e. The minimum absolute atomic E-state index is 0.760. The zero-order valence-electron chi connectivity index (χ0n) is 11.0. The third-order valence-electron chi connectivity index (χ3n) is 3.82. The van der Waals surface area contributed by atoms with Crippen molar-refractivity contribution in [2.24, 2.45) is 0 Å². The summed E-state index contributed by atoms with van der Waals surface area (Å²) < 4.78 is 0.810. The van der Waals surface area contributed by atoms with E-state index in [4.69, 9.17) is 0 Å². The summed E-state index contributed by atoms with van der Waals surface area (Å²) in [6.45, 7) is 5.92. The van der Waals surface area contributed by atoms with Crippen LogP contribution in [-0.2, 0) is 0 Å². The van der Waals surface area contributed by atoms with Crippen LogP contribution < -0.4 is 0 Å². The Labute approximate surface area is 124 Å². The Bertz CT molecular complexity index is 445. The van der Waals surface area contributed by atoms with Crippen molar-refractivity contribution in [3.8, 4) is 0 Å². The number of hydrogen-bond donors (Lipinski definition) is 0. The molecule has 1 aromatic rings. The number of alkyl halides is 1. The standard InChI is InChI=1S/C17H21I/c1-3-4-7-14-10-11-15(12-13(14)2)16-8-5-6-9-17(16)18/h3-4,7,10-12,16-17H,1,5-6,8-9H2,2H3/b7-4-. The van der Waals surface area contributed by atoms with Crippen LogP contribution in [0.5, 0.6) is 0 Å². The van der Waals surface area contributed by atoms with Crippen LogP contribution in [0.2, 0.25) is 0 Å². The fourth-order valence-electron chi connectivity index (χ4n) is 2.75. The normalized spacial score (nSPS) is 24.3. The van der Waals surface area contributed by atoms with Crippen molar-refractivity contribution in [1.29, 1.82) is 0 Å². The maximum Gasteiger partial charge on any atom is 0.0178 e. The van der Waals surface area contributed by atoms with Crippen molar-refractivity contribution in [1.82, 2.24) is 0 Å². The molecular formula is C17H21I. The molecular weight excluding hydrogens is 331 g/mol. The van der Waals surface area contributed by atoms with Gasteiger partial charge in [-0.3, -0.25) is 0 Å². The number of hydrogen-bond acceptors (Lipinski definition) is 0. The Morgan fingerprint density at radius 3 is 2.72 bits per heavy atom. The van der Waals surface area contributed by atoms with Crippen molar-refractivity contribution >= 4 is 28.7 Å². The molecule has 0 bridgehead atoms. The SMILES string of the molecule is C=C/C=C\c1ccc(C2CCCCC2I)cc1C. The minimum Gasteiger partial charge on any atom is -0.0991 e. The summed E-state index contributed by atoms with van der Waals surface area (Å²) in [7, 11) is 0. The molecule has 0 heterocycles. The van der Waals surface area contributed by atoms with Crippen molar-refractivity contribution < 1.29 is 0 Å². The van der Waals surface area contributed by atoms with Crippen LogP contribution in [0.1, 0.15) is 48.3 Å². The van der Waals surface area contributed by atoms with Gasteiger partial charge >= 0.3 is 0 Å². The first-order valence-corrected chi connectivity index (χ1v) is 8.00. The lowest BCUT2D eigenvalue weighted by Gasteiger charge is -2.28. The molecule has 0 spiro atoms. The molecule has 1 aliphatic rings. The molecule has 1 aromatic carbocycles. The molecule has 0 aromatic heterocycles. The molecule has 1 fully saturated rings. The average Bonchev–Trinajstić information content (AvgIpc) is 2.38. The van der Waals surface area contributed by atoms with E-state index in [1.165, 1.54) is 42.4 Å². The van der Waals surface area contributed by atoms with E-state index in [2.05, 4.69) is 60.4 Å². The van der Waals surface area contributed by atoms with Gasteiger partial charge in [-0.15, -0.1) is 0 Å². The Kier molecular flexibility index (Phi) is 5.04. The van der Waals surface area contributed by atoms with E-state index in [9.17, 15) is 0 Å². The van der Waals surface area contributed by atoms with Gasteiger partial charge < -0.3 is 0 Å². The van der Waals surface area contributed by atoms with Gasteiger partial charge in [0.25, 0.3) is 0 Å². The van der Waals surface area contributed by atoms with E-state index in [0.29, 0.717) is 0 Å². The van der Waals surface area contributed by atoms with Gasteiger partial charge in [0.1, 0.15) is 0 Å². The van der Waals surface area contributed by atoms with Crippen LogP contribution in [0.4, 0.5) is 0 Å². The fourth-order valence-corrected chi connectivity index (χ4v) is 3.96. The minimum atomic E-state index is 0.760. The van der Waals surface area contributed by atoms with Crippen molar-refractivity contribution in [3.63, 3.8) is 0 Å². The lowest BCUT2D eigenvalue weighted by atomic mass is 9.83. The summed E-state index contributed by atoms with van der Waals surface area (Å²) in [5.41, 5.74) is 4.21. The Morgan fingerprint density at radius 1 is 1.28 bits per heavy atom. The number of rotatable bonds is 3. The smallest absolute Gasteiger partial charge is 0.0178 e. The second kappa shape index (κ2) is 6.55. The van der Waals surface area contributed by atoms with Gasteiger partial charge in [-0.05, 0) is 42.4 Å². The predicted molar refractivity (Wildman–Crippen MR) is 89.4 cm³/mol. The van der Waals surface area contributed by atoms with E-state index >= 15 is 0 Å². The number of benzene rings is 1. The zero-order chi connectivity index (χ0) is 13.0. The van der Waals surface area contributed by atoms with Gasteiger partial charge in [0.15, 0.2) is 0 Å². The zero-order valence-corrected chi connectivity index (χ0v) is 13.2. The molecule has 2 unspecified atom stereocenters. The van der Waals surface area contributed by atoms with Crippen molar-refractivity contribution in [2.75, 3.05) is 0 Å². The second-order valence-corrected chi connectivity index (χ2v) is 6.72. The van der Waals surface area contributed by atoms with Gasteiger partial charge in [0, 0.05) is 3.92 Å². The molecule has 0 radical (unpaired) electrons. The van der Waals surface area contributed by atoms with Crippen molar-refractivity contribution in [3.05, 3.63) is 53.6 Å². The van der Waals surface area contributed by atoms with Gasteiger partial charge in [-0.25, -0.2) is 0 Å². The van der Waals surface area contributed by atoms with Gasteiger partial charge in [0.2, 0.25) is 0 Å². The summed E-state index contributed by atoms with van der Waals surface area (Å²) in [5.74, 6) is 0.760. The quantitative estimate of drug-likeness (QED) is 0.374. The topological polar surface area (TPSA) is 0 Å². The second-order valence-electron chi connectivity index (χ2n) is 5.12. The first-order chi connectivity index (χ1) is 8.72. The lowest BCUT2D eigenvalue weighted by molar-refractivity contribution is 0.467. The molecule has 2 atom stereocenters. The Morgan fingerprint density at radius 2 is 2.06 bits per heavy atom. The van der Waals surface area contributed by atoms with Crippen LogP contribution in [0, 0.1) is 6.92 Å². The molecule has 1 heteroatoms. The lowest BCUT2D eigenvalue weighted by Crippen LogP contribution is -2.17. The summed E-state index contributed by atoms with van der Waals surface area (Å²) in [5, 5.41) is 0. The maximum atomic E-state index is 3.72. The summed E-state index contributed by atoms with van der Waals surface area (Å²) in [6.07, 6.45) is 11.5. The highest BCUT2D eigenvalue weighted by molar-refractivity contribution is 14.1. The highest BCUT2D eigenvalue weighted by Gasteiger charge is 2.24. The van der Waals surface area contributed by atoms with E-state index in [-0.39, 0.29) is 0 Å². The summed E-state index contributed by atoms with van der Waals surface area (Å²) in [4.78, 5) is 0. The molecule has 2 rings (SSSR count).